The molecule has 0 aromatic heterocycles. The van der Waals surface area contributed by atoms with Gasteiger partial charge in [0.2, 0.25) is 0 Å². The molecule has 1 atom stereocenters. The molecule has 4 rings (SSSR count). The molecule has 0 aliphatic heterocycles. The predicted octanol–water partition coefficient (Wildman–Crippen LogP) is 3.77. The minimum absolute atomic E-state index is 0.129. The first-order valence-corrected chi connectivity index (χ1v) is 9.72. The molecule has 1 N–H and O–H groups in total. The highest BCUT2D eigenvalue weighted by Gasteiger charge is 2.69. The number of Topliss-reactive ketones (excluding diaryl/α,β-unsaturated/α-hetero) is 1. The summed E-state index contributed by atoms with van der Waals surface area (Å²) in [6.07, 6.45) is 1.65. The summed E-state index contributed by atoms with van der Waals surface area (Å²) in [5.41, 5.74) is 0.227. The van der Waals surface area contributed by atoms with Crippen LogP contribution in [0.4, 0.5) is 4.79 Å². The first-order valence-electron chi connectivity index (χ1n) is 9.72. The van der Waals surface area contributed by atoms with E-state index in [1.165, 1.54) is 0 Å². The van der Waals surface area contributed by atoms with Crippen LogP contribution in [-0.2, 0) is 25.7 Å². The van der Waals surface area contributed by atoms with Gasteiger partial charge in [0.1, 0.15) is 18.6 Å². The van der Waals surface area contributed by atoms with Crippen molar-refractivity contribution < 1.29 is 23.9 Å². The molecule has 3 aliphatic rings. The molecular weight excluding hydrogens is 358 g/mol. The van der Waals surface area contributed by atoms with Gasteiger partial charge in [0.15, 0.2) is 5.78 Å². The van der Waals surface area contributed by atoms with Crippen LogP contribution in [0, 0.1) is 10.8 Å². The van der Waals surface area contributed by atoms with Crippen LogP contribution in [0.2, 0.25) is 0 Å². The number of carbonyl (C=O) groups excluding carboxylic acids is 3. The van der Waals surface area contributed by atoms with Gasteiger partial charge in [-0.3, -0.25) is 9.59 Å². The zero-order valence-electron chi connectivity index (χ0n) is 17.0. The molecule has 2 bridgehead atoms. The molecule has 3 saturated carbocycles. The van der Waals surface area contributed by atoms with E-state index in [1.807, 2.05) is 30.3 Å². The average Bonchev–Trinajstić information content (AvgIpc) is 2.53. The molecule has 152 valence electrons. The normalized spacial score (nSPS) is 26.3. The number of esters is 1. The van der Waals surface area contributed by atoms with E-state index in [2.05, 4.69) is 12.2 Å². The maximum Gasteiger partial charge on any atom is 0.408 e. The summed E-state index contributed by atoms with van der Waals surface area (Å²) in [6.45, 7) is 7.58. The molecule has 1 aromatic rings. The molecule has 6 nitrogen and oxygen atoms in total. The second-order valence-corrected chi connectivity index (χ2v) is 9.57. The Kier molecular flexibility index (Phi) is 5.26. The number of benzene rings is 1. The fourth-order valence-corrected chi connectivity index (χ4v) is 4.78. The SMILES string of the molecule is CC12CC(C(NC(=O)OCc3ccccc3)C(=O)CC(=O)OC(C)(C)C)(C1)C2. The summed E-state index contributed by atoms with van der Waals surface area (Å²) in [6, 6.07) is 8.63. The van der Waals surface area contributed by atoms with Gasteiger partial charge in [0.05, 0.1) is 6.04 Å². The van der Waals surface area contributed by atoms with Crippen LogP contribution in [-0.4, -0.2) is 29.5 Å². The summed E-state index contributed by atoms with van der Waals surface area (Å²) in [5.74, 6) is -0.882. The molecule has 3 fully saturated rings. The van der Waals surface area contributed by atoms with E-state index in [0.717, 1.165) is 24.8 Å². The number of carbonyl (C=O) groups is 3. The monoisotopic (exact) mass is 387 g/mol. The van der Waals surface area contributed by atoms with Crippen molar-refractivity contribution in [1.82, 2.24) is 5.32 Å². The van der Waals surface area contributed by atoms with E-state index in [0.29, 0.717) is 0 Å². The third-order valence-corrected chi connectivity index (χ3v) is 5.48. The van der Waals surface area contributed by atoms with E-state index in [-0.39, 0.29) is 29.6 Å². The number of amides is 1. The Morgan fingerprint density at radius 1 is 1.11 bits per heavy atom. The summed E-state index contributed by atoms with van der Waals surface area (Å²) >= 11 is 0. The van der Waals surface area contributed by atoms with Crippen molar-refractivity contribution in [3.05, 3.63) is 35.9 Å². The quantitative estimate of drug-likeness (QED) is 0.569. The lowest BCUT2D eigenvalue weighted by atomic mass is 9.33. The second kappa shape index (κ2) is 7.22. The highest BCUT2D eigenvalue weighted by Crippen LogP contribution is 2.74. The molecule has 0 heterocycles. The van der Waals surface area contributed by atoms with Crippen molar-refractivity contribution in [3.8, 4) is 0 Å². The number of ether oxygens (including phenoxy) is 2. The van der Waals surface area contributed by atoms with Crippen LogP contribution in [0.1, 0.15) is 58.9 Å². The lowest BCUT2D eigenvalue weighted by molar-refractivity contribution is -0.208. The van der Waals surface area contributed by atoms with Gasteiger partial charge in [0.25, 0.3) is 0 Å². The van der Waals surface area contributed by atoms with Crippen LogP contribution in [0.3, 0.4) is 0 Å². The lowest BCUT2D eigenvalue weighted by Gasteiger charge is -2.71. The van der Waals surface area contributed by atoms with Crippen molar-refractivity contribution >= 4 is 17.8 Å². The fourth-order valence-electron chi connectivity index (χ4n) is 4.78. The van der Waals surface area contributed by atoms with Gasteiger partial charge in [-0.2, -0.15) is 0 Å². The van der Waals surface area contributed by atoms with E-state index in [4.69, 9.17) is 9.47 Å². The van der Waals surface area contributed by atoms with Crippen molar-refractivity contribution in [2.75, 3.05) is 0 Å². The molecule has 1 aromatic carbocycles. The van der Waals surface area contributed by atoms with E-state index in [9.17, 15) is 14.4 Å². The number of hydrogen-bond acceptors (Lipinski definition) is 5. The Labute approximate surface area is 166 Å². The summed E-state index contributed by atoms with van der Waals surface area (Å²) in [4.78, 5) is 37.3. The van der Waals surface area contributed by atoms with Crippen LogP contribution in [0.25, 0.3) is 0 Å². The molecule has 1 amide bonds. The maximum absolute atomic E-state index is 12.8. The summed E-state index contributed by atoms with van der Waals surface area (Å²) in [7, 11) is 0. The standard InChI is InChI=1S/C22H29NO5/c1-20(2,3)28-17(25)10-16(24)18(22-12-21(4,13-22)14-22)23-19(26)27-11-15-8-6-5-7-9-15/h5-9,18H,10-14H2,1-4H3,(H,23,26). The fraction of sp³-hybridized carbons (Fsp3) is 0.591. The minimum atomic E-state index is -0.717. The second-order valence-electron chi connectivity index (χ2n) is 9.57. The minimum Gasteiger partial charge on any atom is -0.460 e. The number of hydrogen-bond donors (Lipinski definition) is 1. The molecule has 6 heteroatoms. The van der Waals surface area contributed by atoms with Crippen LogP contribution in [0.15, 0.2) is 30.3 Å². The number of nitrogens with one attached hydrogen (secondary N) is 1. The Hall–Kier alpha value is -2.37. The van der Waals surface area contributed by atoms with Crippen LogP contribution in [0.5, 0.6) is 0 Å². The summed E-state index contributed by atoms with van der Waals surface area (Å²) in [5, 5.41) is 2.73. The topological polar surface area (TPSA) is 81.7 Å². The number of ketones is 1. The van der Waals surface area contributed by atoms with Gasteiger partial charge in [-0.05, 0) is 56.4 Å². The third kappa shape index (κ3) is 4.54. The first-order chi connectivity index (χ1) is 13.0. The molecule has 0 radical (unpaired) electrons. The maximum atomic E-state index is 12.8. The van der Waals surface area contributed by atoms with Crippen LogP contribution >= 0.6 is 0 Å². The Morgan fingerprint density at radius 3 is 2.25 bits per heavy atom. The van der Waals surface area contributed by atoms with Crippen molar-refractivity contribution in [3.63, 3.8) is 0 Å². The van der Waals surface area contributed by atoms with Gasteiger partial charge >= 0.3 is 12.1 Å². The Morgan fingerprint density at radius 2 is 1.71 bits per heavy atom. The molecular formula is C22H29NO5. The van der Waals surface area contributed by atoms with Crippen molar-refractivity contribution in [1.29, 1.82) is 0 Å². The van der Waals surface area contributed by atoms with Gasteiger partial charge in [0, 0.05) is 0 Å². The molecule has 1 unspecified atom stereocenters. The molecule has 0 saturated heterocycles. The number of alkyl carbamates (subject to hydrolysis) is 1. The van der Waals surface area contributed by atoms with Gasteiger partial charge in [-0.15, -0.1) is 0 Å². The first kappa shape index (κ1) is 20.4. The van der Waals surface area contributed by atoms with E-state index < -0.39 is 23.7 Å². The lowest BCUT2D eigenvalue weighted by Crippen LogP contribution is -2.70. The zero-order chi connectivity index (χ0) is 20.6. The Bertz CT molecular complexity index is 745. The predicted molar refractivity (Wildman–Crippen MR) is 103 cm³/mol. The highest BCUT2D eigenvalue weighted by atomic mass is 16.6. The molecule has 3 aliphatic carbocycles. The van der Waals surface area contributed by atoms with Gasteiger partial charge < -0.3 is 14.8 Å². The van der Waals surface area contributed by atoms with E-state index >= 15 is 0 Å². The molecule has 0 spiro atoms. The zero-order valence-corrected chi connectivity index (χ0v) is 17.0. The van der Waals surface area contributed by atoms with Gasteiger partial charge in [-0.1, -0.05) is 37.3 Å². The smallest absolute Gasteiger partial charge is 0.408 e. The Balaban J connectivity index is 1.60. The molecule has 28 heavy (non-hydrogen) atoms. The van der Waals surface area contributed by atoms with Crippen molar-refractivity contribution in [2.24, 2.45) is 10.8 Å². The number of rotatable bonds is 7. The summed E-state index contributed by atoms with van der Waals surface area (Å²) < 4.78 is 10.5. The van der Waals surface area contributed by atoms with Crippen LogP contribution < -0.4 is 5.32 Å². The van der Waals surface area contributed by atoms with Crippen molar-refractivity contribution in [2.45, 2.75) is 71.6 Å². The third-order valence-electron chi connectivity index (χ3n) is 5.48. The highest BCUT2D eigenvalue weighted by molar-refractivity contribution is 6.00. The largest absolute Gasteiger partial charge is 0.460 e. The van der Waals surface area contributed by atoms with Gasteiger partial charge in [-0.25, -0.2) is 4.79 Å². The van der Waals surface area contributed by atoms with E-state index in [1.54, 1.807) is 20.8 Å². The average molecular weight is 387 g/mol.